The van der Waals surface area contributed by atoms with Crippen LogP contribution in [0.2, 0.25) is 0 Å². The fourth-order valence-corrected chi connectivity index (χ4v) is 3.59. The molecule has 2 aromatic heterocycles. The van der Waals surface area contributed by atoms with E-state index in [1.54, 1.807) is 0 Å². The summed E-state index contributed by atoms with van der Waals surface area (Å²) >= 11 is 0. The largest absolute Gasteiger partial charge is 0.378 e. The molecule has 2 saturated heterocycles. The smallest absolute Gasteiger partial charge is 0.227 e. The summed E-state index contributed by atoms with van der Waals surface area (Å²) in [5.74, 6) is 1.70. The molecule has 0 spiro atoms. The van der Waals surface area contributed by atoms with Crippen LogP contribution in [-0.4, -0.2) is 65.3 Å². The van der Waals surface area contributed by atoms with Gasteiger partial charge in [-0.15, -0.1) is 0 Å². The van der Waals surface area contributed by atoms with E-state index in [1.807, 2.05) is 24.5 Å². The van der Waals surface area contributed by atoms with Crippen molar-refractivity contribution in [3.05, 3.63) is 42.4 Å². The maximum atomic E-state index is 5.41. The van der Waals surface area contributed by atoms with Gasteiger partial charge in [0.15, 0.2) is 0 Å². The van der Waals surface area contributed by atoms with Crippen molar-refractivity contribution in [1.82, 2.24) is 19.9 Å². The lowest BCUT2D eigenvalue weighted by atomic mass is 10.1. The zero-order chi connectivity index (χ0) is 17.6. The van der Waals surface area contributed by atoms with E-state index in [0.717, 1.165) is 69.8 Å². The first kappa shape index (κ1) is 17.2. The van der Waals surface area contributed by atoms with Crippen molar-refractivity contribution in [2.45, 2.75) is 25.4 Å². The van der Waals surface area contributed by atoms with Crippen molar-refractivity contribution in [3.63, 3.8) is 0 Å². The Morgan fingerprint density at radius 2 is 2.00 bits per heavy atom. The molecule has 7 nitrogen and oxygen atoms in total. The van der Waals surface area contributed by atoms with E-state index in [9.17, 15) is 0 Å². The number of piperidine rings is 1. The first-order valence-corrected chi connectivity index (χ1v) is 9.41. The Bertz CT molecular complexity index is 691. The fraction of sp³-hybridized carbons (Fsp3) is 0.526. The minimum absolute atomic E-state index is 0.403. The standard InChI is InChI=1S/C19H26N6O/c1-2-7-20-16(4-1)14-24-9-3-5-17(15-24)22-18-6-8-21-19(23-18)25-10-12-26-13-11-25/h1-2,4,6-8,17H,3,5,9-15H2,(H,21,22,23). The van der Waals surface area contributed by atoms with E-state index >= 15 is 0 Å². The van der Waals surface area contributed by atoms with Gasteiger partial charge in [-0.3, -0.25) is 9.88 Å². The van der Waals surface area contributed by atoms with Gasteiger partial charge in [0.2, 0.25) is 5.95 Å². The Hall–Kier alpha value is -2.25. The monoisotopic (exact) mass is 354 g/mol. The maximum absolute atomic E-state index is 5.41. The Morgan fingerprint density at radius 1 is 1.08 bits per heavy atom. The summed E-state index contributed by atoms with van der Waals surface area (Å²) in [7, 11) is 0. The van der Waals surface area contributed by atoms with Crippen LogP contribution in [0.3, 0.4) is 0 Å². The summed E-state index contributed by atoms with van der Waals surface area (Å²) in [6, 6.07) is 8.47. The number of hydrogen-bond donors (Lipinski definition) is 1. The molecule has 2 aliphatic heterocycles. The molecule has 0 amide bonds. The number of morpholine rings is 1. The Morgan fingerprint density at radius 3 is 2.85 bits per heavy atom. The molecular weight excluding hydrogens is 328 g/mol. The van der Waals surface area contributed by atoms with Crippen molar-refractivity contribution < 1.29 is 4.74 Å². The first-order valence-electron chi connectivity index (χ1n) is 9.41. The minimum Gasteiger partial charge on any atom is -0.378 e. The molecule has 26 heavy (non-hydrogen) atoms. The first-order chi connectivity index (χ1) is 12.9. The van der Waals surface area contributed by atoms with Crippen LogP contribution in [0.25, 0.3) is 0 Å². The number of nitrogens with one attached hydrogen (secondary N) is 1. The summed E-state index contributed by atoms with van der Waals surface area (Å²) in [4.78, 5) is 18.2. The molecule has 0 saturated carbocycles. The third-order valence-corrected chi connectivity index (χ3v) is 4.91. The van der Waals surface area contributed by atoms with E-state index in [-0.39, 0.29) is 0 Å². The van der Waals surface area contributed by atoms with Crippen LogP contribution in [0.15, 0.2) is 36.7 Å². The second-order valence-corrected chi connectivity index (χ2v) is 6.88. The Kier molecular flexibility index (Phi) is 5.56. The normalized spacial score (nSPS) is 21.5. The number of ether oxygens (including phenoxy) is 1. The maximum Gasteiger partial charge on any atom is 0.227 e. The highest BCUT2D eigenvalue weighted by Crippen LogP contribution is 2.18. The average Bonchev–Trinajstić information content (AvgIpc) is 2.70. The predicted molar refractivity (Wildman–Crippen MR) is 101 cm³/mol. The molecule has 2 aliphatic rings. The number of aromatic nitrogens is 3. The van der Waals surface area contributed by atoms with Crippen LogP contribution in [0.1, 0.15) is 18.5 Å². The van der Waals surface area contributed by atoms with Crippen LogP contribution in [0.4, 0.5) is 11.8 Å². The lowest BCUT2D eigenvalue weighted by molar-refractivity contribution is 0.122. The zero-order valence-corrected chi connectivity index (χ0v) is 15.0. The SMILES string of the molecule is c1ccc(CN2CCCC(Nc3ccnc(N4CCOCC4)n3)C2)nc1. The molecule has 0 radical (unpaired) electrons. The summed E-state index contributed by atoms with van der Waals surface area (Å²) < 4.78 is 5.41. The minimum atomic E-state index is 0.403. The molecule has 0 aliphatic carbocycles. The molecule has 4 heterocycles. The molecule has 138 valence electrons. The Labute approximate surface area is 154 Å². The van der Waals surface area contributed by atoms with Gasteiger partial charge >= 0.3 is 0 Å². The van der Waals surface area contributed by atoms with Gasteiger partial charge in [0, 0.05) is 44.6 Å². The quantitative estimate of drug-likeness (QED) is 0.878. The summed E-state index contributed by atoms with van der Waals surface area (Å²) in [6.07, 6.45) is 6.05. The molecular formula is C19H26N6O. The van der Waals surface area contributed by atoms with E-state index in [1.165, 1.54) is 6.42 Å². The van der Waals surface area contributed by atoms with Gasteiger partial charge in [0.05, 0.1) is 18.9 Å². The molecule has 7 heteroatoms. The fourth-order valence-electron chi connectivity index (χ4n) is 3.59. The van der Waals surface area contributed by atoms with Gasteiger partial charge in [-0.1, -0.05) is 6.07 Å². The van der Waals surface area contributed by atoms with Gasteiger partial charge in [0.25, 0.3) is 0 Å². The third-order valence-electron chi connectivity index (χ3n) is 4.91. The number of anilines is 2. The summed E-state index contributed by atoms with van der Waals surface area (Å²) in [6.45, 7) is 6.22. The lowest BCUT2D eigenvalue weighted by Gasteiger charge is -2.33. The lowest BCUT2D eigenvalue weighted by Crippen LogP contribution is -2.42. The van der Waals surface area contributed by atoms with Gasteiger partial charge in [-0.2, -0.15) is 4.98 Å². The van der Waals surface area contributed by atoms with Crippen LogP contribution >= 0.6 is 0 Å². The molecule has 1 atom stereocenters. The van der Waals surface area contributed by atoms with Crippen LogP contribution in [0, 0.1) is 0 Å². The van der Waals surface area contributed by atoms with E-state index in [2.05, 4.69) is 37.2 Å². The number of hydrogen-bond acceptors (Lipinski definition) is 7. The predicted octanol–water partition coefficient (Wildman–Crippen LogP) is 1.78. The molecule has 4 rings (SSSR count). The zero-order valence-electron chi connectivity index (χ0n) is 15.0. The van der Waals surface area contributed by atoms with Gasteiger partial charge < -0.3 is 15.0 Å². The number of pyridine rings is 1. The van der Waals surface area contributed by atoms with Crippen molar-refractivity contribution >= 4 is 11.8 Å². The molecule has 1 unspecified atom stereocenters. The van der Waals surface area contributed by atoms with Crippen molar-refractivity contribution in [2.24, 2.45) is 0 Å². The second kappa shape index (κ2) is 8.42. The van der Waals surface area contributed by atoms with Gasteiger partial charge in [-0.05, 0) is 37.6 Å². The summed E-state index contributed by atoms with van der Waals surface area (Å²) in [5, 5.41) is 3.60. The van der Waals surface area contributed by atoms with Crippen molar-refractivity contribution in [1.29, 1.82) is 0 Å². The molecule has 1 N–H and O–H groups in total. The van der Waals surface area contributed by atoms with Crippen LogP contribution < -0.4 is 10.2 Å². The Balaban J connectivity index is 1.36. The average molecular weight is 354 g/mol. The molecule has 0 aromatic carbocycles. The highest BCUT2D eigenvalue weighted by Gasteiger charge is 2.21. The number of rotatable bonds is 5. The second-order valence-electron chi connectivity index (χ2n) is 6.88. The van der Waals surface area contributed by atoms with Crippen LogP contribution in [0.5, 0.6) is 0 Å². The molecule has 0 bridgehead atoms. The molecule has 2 aromatic rings. The topological polar surface area (TPSA) is 66.4 Å². The van der Waals surface area contributed by atoms with Crippen molar-refractivity contribution in [2.75, 3.05) is 49.6 Å². The van der Waals surface area contributed by atoms with Gasteiger partial charge in [-0.25, -0.2) is 4.98 Å². The summed E-state index contributed by atoms with van der Waals surface area (Å²) in [5.41, 5.74) is 1.13. The van der Waals surface area contributed by atoms with E-state index in [0.29, 0.717) is 6.04 Å². The van der Waals surface area contributed by atoms with Crippen LogP contribution in [-0.2, 0) is 11.3 Å². The van der Waals surface area contributed by atoms with Gasteiger partial charge in [0.1, 0.15) is 5.82 Å². The highest BCUT2D eigenvalue weighted by molar-refractivity contribution is 5.42. The number of nitrogens with zero attached hydrogens (tertiary/aromatic N) is 5. The third kappa shape index (κ3) is 4.47. The number of likely N-dealkylation sites (tertiary alicyclic amines) is 1. The van der Waals surface area contributed by atoms with E-state index < -0.39 is 0 Å². The van der Waals surface area contributed by atoms with E-state index in [4.69, 9.17) is 9.72 Å². The highest BCUT2D eigenvalue weighted by atomic mass is 16.5. The molecule has 2 fully saturated rings. The van der Waals surface area contributed by atoms with Crippen molar-refractivity contribution in [3.8, 4) is 0 Å².